The van der Waals surface area contributed by atoms with Crippen molar-refractivity contribution in [1.82, 2.24) is 5.32 Å². The molecule has 0 radical (unpaired) electrons. The number of hydrogen-bond acceptors (Lipinski definition) is 3. The van der Waals surface area contributed by atoms with Crippen LogP contribution in [0.1, 0.15) is 44.1 Å². The molecule has 23 heavy (non-hydrogen) atoms. The Morgan fingerprint density at radius 1 is 1.09 bits per heavy atom. The maximum atomic E-state index is 5.67. The van der Waals surface area contributed by atoms with Crippen LogP contribution in [0.4, 0.5) is 5.69 Å². The SMILES string of the molecule is c1cc2c(cc1CCNC13CC4CC(CC(C4)C1)C3)NCCO2. The van der Waals surface area contributed by atoms with Gasteiger partial charge in [-0.05, 0) is 86.9 Å². The summed E-state index contributed by atoms with van der Waals surface area (Å²) in [4.78, 5) is 0. The van der Waals surface area contributed by atoms with Gasteiger partial charge in [-0.1, -0.05) is 6.07 Å². The molecule has 0 saturated heterocycles. The van der Waals surface area contributed by atoms with Gasteiger partial charge in [0, 0.05) is 12.1 Å². The minimum atomic E-state index is 0.490. The van der Waals surface area contributed by atoms with Crippen molar-refractivity contribution in [3.63, 3.8) is 0 Å². The van der Waals surface area contributed by atoms with E-state index in [4.69, 9.17) is 4.74 Å². The van der Waals surface area contributed by atoms with Crippen molar-refractivity contribution in [2.24, 2.45) is 17.8 Å². The molecule has 0 spiro atoms. The molecule has 2 N–H and O–H groups in total. The standard InChI is InChI=1S/C20H28N2O/c1-2-19-18(21-5-6-23-19)10-14(1)3-4-22-20-11-15-7-16(12-20)9-17(8-15)13-20/h1-2,10,15-17,21-22H,3-9,11-13H2. The number of nitrogens with one attached hydrogen (secondary N) is 2. The molecule has 1 aromatic rings. The first-order valence-electron chi connectivity index (χ1n) is 9.53. The highest BCUT2D eigenvalue weighted by atomic mass is 16.5. The van der Waals surface area contributed by atoms with Crippen LogP contribution in [0.25, 0.3) is 0 Å². The Kier molecular flexibility index (Phi) is 3.33. The summed E-state index contributed by atoms with van der Waals surface area (Å²) in [6.45, 7) is 2.81. The van der Waals surface area contributed by atoms with E-state index in [9.17, 15) is 0 Å². The van der Waals surface area contributed by atoms with Crippen molar-refractivity contribution in [2.45, 2.75) is 50.5 Å². The third-order valence-electron chi connectivity index (χ3n) is 6.67. The van der Waals surface area contributed by atoms with Gasteiger partial charge in [0.25, 0.3) is 0 Å². The Balaban J connectivity index is 1.22. The average Bonchev–Trinajstić information content (AvgIpc) is 2.53. The summed E-state index contributed by atoms with van der Waals surface area (Å²) >= 11 is 0. The van der Waals surface area contributed by atoms with Crippen LogP contribution in [0.3, 0.4) is 0 Å². The maximum Gasteiger partial charge on any atom is 0.142 e. The summed E-state index contributed by atoms with van der Waals surface area (Å²) in [5, 5.41) is 7.45. The molecule has 4 fully saturated rings. The van der Waals surface area contributed by atoms with Crippen molar-refractivity contribution >= 4 is 5.69 Å². The fourth-order valence-corrected chi connectivity index (χ4v) is 6.14. The molecule has 3 nitrogen and oxygen atoms in total. The van der Waals surface area contributed by atoms with Gasteiger partial charge in [0.05, 0.1) is 5.69 Å². The molecule has 0 unspecified atom stereocenters. The molecule has 0 aromatic heterocycles. The zero-order valence-corrected chi connectivity index (χ0v) is 13.9. The van der Waals surface area contributed by atoms with Gasteiger partial charge in [-0.3, -0.25) is 0 Å². The molecule has 0 atom stereocenters. The fourth-order valence-electron chi connectivity index (χ4n) is 6.14. The molecule has 4 bridgehead atoms. The number of ether oxygens (including phenoxy) is 1. The summed E-state index contributed by atoms with van der Waals surface area (Å²) in [5.41, 5.74) is 3.08. The summed E-state index contributed by atoms with van der Waals surface area (Å²) in [7, 11) is 0. The van der Waals surface area contributed by atoms with E-state index in [2.05, 4.69) is 28.8 Å². The van der Waals surface area contributed by atoms with Gasteiger partial charge >= 0.3 is 0 Å². The fraction of sp³-hybridized carbons (Fsp3) is 0.700. The second kappa shape index (κ2) is 5.41. The first-order chi connectivity index (χ1) is 11.3. The zero-order valence-electron chi connectivity index (χ0n) is 13.9. The summed E-state index contributed by atoms with van der Waals surface area (Å²) in [5.74, 6) is 4.09. The van der Waals surface area contributed by atoms with Crippen LogP contribution in [-0.4, -0.2) is 25.2 Å². The lowest BCUT2D eigenvalue weighted by Crippen LogP contribution is -2.58. The minimum absolute atomic E-state index is 0.490. The molecular weight excluding hydrogens is 284 g/mol. The topological polar surface area (TPSA) is 33.3 Å². The van der Waals surface area contributed by atoms with Gasteiger partial charge in [-0.25, -0.2) is 0 Å². The summed E-state index contributed by atoms with van der Waals surface area (Å²) in [6, 6.07) is 6.63. The molecule has 4 aliphatic carbocycles. The Labute approximate surface area is 139 Å². The van der Waals surface area contributed by atoms with Crippen LogP contribution in [0.15, 0.2) is 18.2 Å². The molecule has 124 valence electrons. The van der Waals surface area contributed by atoms with E-state index in [0.717, 1.165) is 49.6 Å². The predicted octanol–water partition coefficient (Wildman–Crippen LogP) is 3.59. The lowest BCUT2D eigenvalue weighted by atomic mass is 9.53. The Hall–Kier alpha value is -1.22. The van der Waals surface area contributed by atoms with Crippen LogP contribution < -0.4 is 15.4 Å². The third-order valence-corrected chi connectivity index (χ3v) is 6.67. The van der Waals surface area contributed by atoms with Crippen molar-refractivity contribution in [2.75, 3.05) is 25.0 Å². The van der Waals surface area contributed by atoms with Crippen molar-refractivity contribution in [3.05, 3.63) is 23.8 Å². The van der Waals surface area contributed by atoms with Crippen LogP contribution in [0, 0.1) is 17.8 Å². The normalized spacial score (nSPS) is 37.1. The van der Waals surface area contributed by atoms with Gasteiger partial charge in [-0.15, -0.1) is 0 Å². The van der Waals surface area contributed by atoms with Gasteiger partial charge in [0.2, 0.25) is 0 Å². The molecule has 5 aliphatic rings. The van der Waals surface area contributed by atoms with E-state index in [1.165, 1.54) is 49.8 Å². The van der Waals surface area contributed by atoms with Crippen LogP contribution in [0.2, 0.25) is 0 Å². The number of fused-ring (bicyclic) bond motifs is 1. The Morgan fingerprint density at radius 2 is 1.83 bits per heavy atom. The Bertz CT molecular complexity index is 562. The summed E-state index contributed by atoms with van der Waals surface area (Å²) in [6.07, 6.45) is 10.0. The lowest BCUT2D eigenvalue weighted by Gasteiger charge is -2.57. The quantitative estimate of drug-likeness (QED) is 0.891. The predicted molar refractivity (Wildman–Crippen MR) is 93.0 cm³/mol. The first kappa shape index (κ1) is 14.2. The van der Waals surface area contributed by atoms with E-state index >= 15 is 0 Å². The number of anilines is 1. The van der Waals surface area contributed by atoms with E-state index < -0.39 is 0 Å². The van der Waals surface area contributed by atoms with Crippen molar-refractivity contribution in [3.8, 4) is 5.75 Å². The van der Waals surface area contributed by atoms with Crippen molar-refractivity contribution in [1.29, 1.82) is 0 Å². The molecule has 3 heteroatoms. The molecular formula is C20H28N2O. The largest absolute Gasteiger partial charge is 0.490 e. The summed E-state index contributed by atoms with van der Waals surface area (Å²) < 4.78 is 5.67. The molecule has 0 amide bonds. The molecule has 4 saturated carbocycles. The molecule has 6 rings (SSSR count). The monoisotopic (exact) mass is 312 g/mol. The second-order valence-corrected chi connectivity index (χ2v) is 8.48. The lowest BCUT2D eigenvalue weighted by molar-refractivity contribution is -0.0192. The van der Waals surface area contributed by atoms with Crippen LogP contribution in [-0.2, 0) is 6.42 Å². The van der Waals surface area contributed by atoms with E-state index in [1.807, 2.05) is 0 Å². The molecule has 1 aromatic carbocycles. The third kappa shape index (κ3) is 2.63. The highest BCUT2D eigenvalue weighted by Gasteiger charge is 2.50. The van der Waals surface area contributed by atoms with Gasteiger partial charge in [0.15, 0.2) is 0 Å². The van der Waals surface area contributed by atoms with Crippen molar-refractivity contribution < 1.29 is 4.74 Å². The minimum Gasteiger partial charge on any atom is -0.490 e. The average molecular weight is 312 g/mol. The first-order valence-corrected chi connectivity index (χ1v) is 9.53. The second-order valence-electron chi connectivity index (χ2n) is 8.48. The van der Waals surface area contributed by atoms with E-state index in [1.54, 1.807) is 0 Å². The maximum absolute atomic E-state index is 5.67. The van der Waals surface area contributed by atoms with Gasteiger partial charge in [-0.2, -0.15) is 0 Å². The number of benzene rings is 1. The van der Waals surface area contributed by atoms with Crippen LogP contribution in [0.5, 0.6) is 5.75 Å². The number of rotatable bonds is 4. The molecule has 1 aliphatic heterocycles. The van der Waals surface area contributed by atoms with E-state index in [-0.39, 0.29) is 0 Å². The smallest absolute Gasteiger partial charge is 0.142 e. The van der Waals surface area contributed by atoms with Crippen LogP contribution >= 0.6 is 0 Å². The highest BCUT2D eigenvalue weighted by Crippen LogP contribution is 2.55. The van der Waals surface area contributed by atoms with E-state index in [0.29, 0.717) is 5.54 Å². The molecule has 1 heterocycles. The van der Waals surface area contributed by atoms with Gasteiger partial charge < -0.3 is 15.4 Å². The van der Waals surface area contributed by atoms with Gasteiger partial charge in [0.1, 0.15) is 12.4 Å². The zero-order chi connectivity index (χ0) is 15.3. The Morgan fingerprint density at radius 3 is 2.57 bits per heavy atom. The number of hydrogen-bond donors (Lipinski definition) is 2. The highest BCUT2D eigenvalue weighted by molar-refractivity contribution is 5.59.